The molecule has 27 heavy (non-hydrogen) atoms. The number of likely N-dealkylation sites (N-methyl/N-ethyl adjacent to an activating group) is 1. The van der Waals surface area contributed by atoms with E-state index in [-0.39, 0.29) is 11.3 Å². The summed E-state index contributed by atoms with van der Waals surface area (Å²) >= 11 is 1.58. The van der Waals surface area contributed by atoms with Crippen LogP contribution in [0.2, 0.25) is 0 Å². The van der Waals surface area contributed by atoms with E-state index in [4.69, 9.17) is 4.98 Å². The number of nitrogens with zero attached hydrogens (tertiary/aromatic N) is 5. The Kier molecular flexibility index (Phi) is 2.79. The Labute approximate surface area is 159 Å². The minimum atomic E-state index is -0.270. The van der Waals surface area contributed by atoms with E-state index in [0.29, 0.717) is 0 Å². The molecule has 6 nitrogen and oxygen atoms in total. The quantitative estimate of drug-likeness (QED) is 0.539. The Morgan fingerprint density at radius 1 is 1.19 bits per heavy atom. The van der Waals surface area contributed by atoms with Crippen molar-refractivity contribution in [1.82, 2.24) is 19.4 Å². The zero-order valence-corrected chi connectivity index (χ0v) is 15.4. The molecule has 0 atom stereocenters. The molecular weight excluding hydrogens is 358 g/mol. The van der Waals surface area contributed by atoms with Crippen LogP contribution in [0.15, 0.2) is 48.4 Å². The van der Waals surface area contributed by atoms with E-state index >= 15 is 0 Å². The average Bonchev–Trinajstić information content (AvgIpc) is 3.08. The number of aromatic nitrogens is 4. The maximum absolute atomic E-state index is 12.6. The van der Waals surface area contributed by atoms with Crippen molar-refractivity contribution < 1.29 is 4.79 Å². The van der Waals surface area contributed by atoms with Gasteiger partial charge in [-0.15, -0.1) is 11.3 Å². The molecule has 0 saturated heterocycles. The predicted octanol–water partition coefficient (Wildman–Crippen LogP) is 3.53. The summed E-state index contributed by atoms with van der Waals surface area (Å²) in [4.78, 5) is 27.9. The maximum Gasteiger partial charge on any atom is 0.237 e. The number of thiazole rings is 1. The van der Waals surface area contributed by atoms with Gasteiger partial charge in [0, 0.05) is 42.3 Å². The third kappa shape index (κ3) is 2.00. The maximum atomic E-state index is 12.6. The molecule has 0 bridgehead atoms. The largest absolute Gasteiger partial charge is 0.314 e. The number of anilines is 1. The molecule has 0 unspecified atom stereocenters. The number of imidazole rings is 1. The van der Waals surface area contributed by atoms with Crippen molar-refractivity contribution in [2.75, 3.05) is 11.9 Å². The number of amides is 1. The first-order chi connectivity index (χ1) is 13.2. The monoisotopic (exact) mass is 373 g/mol. The van der Waals surface area contributed by atoms with Gasteiger partial charge in [-0.25, -0.2) is 9.97 Å². The molecule has 4 heterocycles. The SMILES string of the molecule is CN1C(=O)C2(CC2)c2cc(-c3csc(-c4cn5ccncc5n4)n3)ccc21. The Morgan fingerprint density at radius 2 is 2.07 bits per heavy atom. The molecule has 132 valence electrons. The van der Waals surface area contributed by atoms with Crippen LogP contribution in [-0.4, -0.2) is 32.3 Å². The highest BCUT2D eigenvalue weighted by molar-refractivity contribution is 7.13. The topological polar surface area (TPSA) is 63.4 Å². The molecule has 4 aromatic rings. The van der Waals surface area contributed by atoms with Gasteiger partial charge in [-0.05, 0) is 30.5 Å². The minimum absolute atomic E-state index is 0.229. The first kappa shape index (κ1) is 15.0. The lowest BCUT2D eigenvalue weighted by molar-refractivity contribution is -0.119. The summed E-state index contributed by atoms with van der Waals surface area (Å²) in [6.45, 7) is 0. The van der Waals surface area contributed by atoms with Crippen LogP contribution in [0.25, 0.3) is 27.6 Å². The first-order valence-electron chi connectivity index (χ1n) is 8.83. The first-order valence-corrected chi connectivity index (χ1v) is 9.71. The standard InChI is InChI=1S/C20H15N5OS/c1-24-16-3-2-12(8-13(16)20(4-5-20)19(24)26)15-11-27-18(23-15)14-10-25-7-6-21-9-17(25)22-14/h2-3,6-11H,4-5H2,1H3. The van der Waals surface area contributed by atoms with Gasteiger partial charge in [0.05, 0.1) is 17.3 Å². The van der Waals surface area contributed by atoms with Crippen LogP contribution in [0.5, 0.6) is 0 Å². The van der Waals surface area contributed by atoms with E-state index in [1.807, 2.05) is 29.9 Å². The number of rotatable bonds is 2. The second-order valence-electron chi connectivity index (χ2n) is 7.18. The molecule has 0 N–H and O–H groups in total. The van der Waals surface area contributed by atoms with Gasteiger partial charge in [0.25, 0.3) is 0 Å². The molecule has 1 amide bonds. The fraction of sp³-hybridized carbons (Fsp3) is 0.200. The molecule has 1 aromatic carbocycles. The lowest BCUT2D eigenvalue weighted by Crippen LogP contribution is -2.27. The van der Waals surface area contributed by atoms with Crippen LogP contribution < -0.4 is 4.90 Å². The number of hydrogen-bond acceptors (Lipinski definition) is 5. The van der Waals surface area contributed by atoms with Crippen LogP contribution >= 0.6 is 11.3 Å². The van der Waals surface area contributed by atoms with Crippen molar-refractivity contribution in [1.29, 1.82) is 0 Å². The van der Waals surface area contributed by atoms with E-state index in [1.54, 1.807) is 28.6 Å². The number of benzene rings is 1. The van der Waals surface area contributed by atoms with Gasteiger partial charge in [0.2, 0.25) is 5.91 Å². The zero-order chi connectivity index (χ0) is 18.2. The summed E-state index contributed by atoms with van der Waals surface area (Å²) in [5.41, 5.74) is 5.54. The average molecular weight is 373 g/mol. The smallest absolute Gasteiger partial charge is 0.237 e. The molecule has 1 fully saturated rings. The van der Waals surface area contributed by atoms with E-state index in [0.717, 1.165) is 51.7 Å². The van der Waals surface area contributed by atoms with Crippen LogP contribution in [0, 0.1) is 0 Å². The van der Waals surface area contributed by atoms with Crippen molar-refractivity contribution in [3.05, 3.63) is 53.9 Å². The number of fused-ring (bicyclic) bond motifs is 3. The summed E-state index contributed by atoms with van der Waals surface area (Å²) in [7, 11) is 1.87. The Morgan fingerprint density at radius 3 is 2.89 bits per heavy atom. The van der Waals surface area contributed by atoms with Crippen LogP contribution in [0.3, 0.4) is 0 Å². The molecule has 3 aromatic heterocycles. The molecule has 1 aliphatic heterocycles. The van der Waals surface area contributed by atoms with Gasteiger partial charge in [0.15, 0.2) is 5.65 Å². The van der Waals surface area contributed by atoms with Crippen molar-refractivity contribution >= 4 is 28.6 Å². The van der Waals surface area contributed by atoms with Crippen molar-refractivity contribution in [2.24, 2.45) is 0 Å². The molecule has 1 spiro atoms. The Balaban J connectivity index is 1.41. The molecule has 1 aliphatic carbocycles. The van der Waals surface area contributed by atoms with E-state index in [9.17, 15) is 4.79 Å². The molecule has 1 saturated carbocycles. The van der Waals surface area contributed by atoms with E-state index < -0.39 is 0 Å². The summed E-state index contributed by atoms with van der Waals surface area (Å²) < 4.78 is 1.94. The minimum Gasteiger partial charge on any atom is -0.314 e. The van der Waals surface area contributed by atoms with Gasteiger partial charge >= 0.3 is 0 Å². The normalized spacial score (nSPS) is 17.1. The lowest BCUT2D eigenvalue weighted by atomic mass is 9.95. The van der Waals surface area contributed by atoms with Crippen LogP contribution in [0.1, 0.15) is 18.4 Å². The van der Waals surface area contributed by atoms with Gasteiger partial charge in [-0.2, -0.15) is 0 Å². The zero-order valence-electron chi connectivity index (χ0n) is 14.6. The number of hydrogen-bond donors (Lipinski definition) is 0. The molecule has 0 radical (unpaired) electrons. The highest BCUT2D eigenvalue weighted by Gasteiger charge is 2.58. The highest BCUT2D eigenvalue weighted by atomic mass is 32.1. The van der Waals surface area contributed by atoms with Crippen LogP contribution in [-0.2, 0) is 10.2 Å². The molecule has 7 heteroatoms. The van der Waals surface area contributed by atoms with Crippen molar-refractivity contribution in [2.45, 2.75) is 18.3 Å². The molecular formula is C20H15N5OS. The van der Waals surface area contributed by atoms with E-state index in [2.05, 4.69) is 27.5 Å². The van der Waals surface area contributed by atoms with Crippen LogP contribution in [0.4, 0.5) is 5.69 Å². The lowest BCUT2D eigenvalue weighted by Gasteiger charge is -2.09. The van der Waals surface area contributed by atoms with Gasteiger partial charge in [-0.3, -0.25) is 9.78 Å². The fourth-order valence-electron chi connectivity index (χ4n) is 3.99. The number of carbonyl (C=O) groups is 1. The second-order valence-corrected chi connectivity index (χ2v) is 8.04. The highest BCUT2D eigenvalue weighted by Crippen LogP contribution is 2.57. The van der Waals surface area contributed by atoms with Crippen molar-refractivity contribution in [3.8, 4) is 22.0 Å². The summed E-state index contributed by atoms with van der Waals surface area (Å²) in [5.74, 6) is 0.229. The molecule has 2 aliphatic rings. The third-order valence-corrected chi connectivity index (χ3v) is 6.49. The predicted molar refractivity (Wildman–Crippen MR) is 104 cm³/mol. The van der Waals surface area contributed by atoms with E-state index in [1.165, 1.54) is 0 Å². The Bertz CT molecular complexity index is 1200. The molecule has 6 rings (SSSR count). The third-order valence-electron chi connectivity index (χ3n) is 5.62. The second kappa shape index (κ2) is 5.01. The fourth-order valence-corrected chi connectivity index (χ4v) is 4.78. The Hall–Kier alpha value is -3.06. The van der Waals surface area contributed by atoms with Gasteiger partial charge in [0.1, 0.15) is 10.7 Å². The summed E-state index contributed by atoms with van der Waals surface area (Å²) in [5, 5.41) is 2.93. The van der Waals surface area contributed by atoms with Gasteiger partial charge < -0.3 is 9.30 Å². The van der Waals surface area contributed by atoms with Crippen molar-refractivity contribution in [3.63, 3.8) is 0 Å². The summed E-state index contributed by atoms with van der Waals surface area (Å²) in [6, 6.07) is 6.25. The number of carbonyl (C=O) groups excluding carboxylic acids is 1. The van der Waals surface area contributed by atoms with Gasteiger partial charge in [-0.1, -0.05) is 6.07 Å². The summed E-state index contributed by atoms with van der Waals surface area (Å²) in [6.07, 6.45) is 9.22.